The Morgan fingerprint density at radius 2 is 1.57 bits per heavy atom. The number of halogens is 3. The summed E-state index contributed by atoms with van der Waals surface area (Å²) < 4.78 is 46.4. The van der Waals surface area contributed by atoms with Crippen molar-refractivity contribution < 1.29 is 32.2 Å². The molecular weight excluding hydrogens is 465 g/mol. The van der Waals surface area contributed by atoms with E-state index in [9.17, 15) is 22.8 Å². The molecule has 190 valence electrons. The Labute approximate surface area is 201 Å². The molecule has 2 amide bonds. The third-order valence-corrected chi connectivity index (χ3v) is 5.45. The standard InChI is InChI=1S/C24H29F3N4O4/c1-23(2,3)35-22(33)30-12-10-17(11-13-30)31(29)21(32)19-14-16(6-9-20(19)28)15-4-7-18(8-5-15)34-24(25,26)27/h4-9,14,17H,10-13,28-29H2,1-3H3. The second-order valence-corrected chi connectivity index (χ2v) is 9.29. The molecule has 1 fully saturated rings. The molecule has 0 aromatic heterocycles. The number of hydrogen-bond acceptors (Lipinski definition) is 6. The smallest absolute Gasteiger partial charge is 0.444 e. The number of carbonyl (C=O) groups excluding carboxylic acids is 2. The van der Waals surface area contributed by atoms with Gasteiger partial charge in [-0.15, -0.1) is 13.2 Å². The molecule has 2 aromatic rings. The summed E-state index contributed by atoms with van der Waals surface area (Å²) in [7, 11) is 0. The number of piperidine rings is 1. The molecule has 8 nitrogen and oxygen atoms in total. The molecular formula is C24H29F3N4O4. The highest BCUT2D eigenvalue weighted by Gasteiger charge is 2.32. The lowest BCUT2D eigenvalue weighted by Gasteiger charge is -2.36. The van der Waals surface area contributed by atoms with Gasteiger partial charge in [-0.2, -0.15) is 0 Å². The lowest BCUT2D eigenvalue weighted by Crippen LogP contribution is -2.52. The highest BCUT2D eigenvalue weighted by atomic mass is 19.4. The van der Waals surface area contributed by atoms with E-state index in [1.165, 1.54) is 24.3 Å². The van der Waals surface area contributed by atoms with Crippen LogP contribution in [-0.2, 0) is 4.74 Å². The van der Waals surface area contributed by atoms with Gasteiger partial charge in [-0.25, -0.2) is 10.6 Å². The van der Waals surface area contributed by atoms with Gasteiger partial charge in [0.25, 0.3) is 5.91 Å². The minimum Gasteiger partial charge on any atom is -0.444 e. The van der Waals surface area contributed by atoms with Gasteiger partial charge >= 0.3 is 12.5 Å². The number of benzene rings is 2. The molecule has 0 saturated carbocycles. The van der Waals surface area contributed by atoms with Gasteiger partial charge in [0.2, 0.25) is 0 Å². The summed E-state index contributed by atoms with van der Waals surface area (Å²) in [6.07, 6.45) is -4.24. The molecule has 4 N–H and O–H groups in total. The normalized spacial score (nSPS) is 15.0. The van der Waals surface area contributed by atoms with Crippen molar-refractivity contribution >= 4 is 17.7 Å². The van der Waals surface area contributed by atoms with Gasteiger partial charge in [0, 0.05) is 18.8 Å². The van der Waals surface area contributed by atoms with E-state index in [-0.39, 0.29) is 23.0 Å². The van der Waals surface area contributed by atoms with Crippen molar-refractivity contribution in [2.24, 2.45) is 5.84 Å². The number of carbonyl (C=O) groups is 2. The van der Waals surface area contributed by atoms with Crippen molar-refractivity contribution in [3.8, 4) is 16.9 Å². The van der Waals surface area contributed by atoms with Crippen LogP contribution in [0, 0.1) is 0 Å². The van der Waals surface area contributed by atoms with E-state index in [4.69, 9.17) is 16.3 Å². The number of rotatable bonds is 4. The second-order valence-electron chi connectivity index (χ2n) is 9.29. The molecule has 1 aliphatic heterocycles. The third kappa shape index (κ3) is 7.01. The van der Waals surface area contributed by atoms with E-state index in [1.807, 2.05) is 0 Å². The zero-order valence-electron chi connectivity index (χ0n) is 19.8. The monoisotopic (exact) mass is 494 g/mol. The number of anilines is 1. The van der Waals surface area contributed by atoms with Gasteiger partial charge in [0.05, 0.1) is 11.6 Å². The van der Waals surface area contributed by atoms with Gasteiger partial charge < -0.3 is 20.1 Å². The van der Waals surface area contributed by atoms with Gasteiger partial charge in [0.1, 0.15) is 11.4 Å². The predicted octanol–water partition coefficient (Wildman–Crippen LogP) is 4.55. The maximum absolute atomic E-state index is 13.1. The largest absolute Gasteiger partial charge is 0.573 e. The van der Waals surface area contributed by atoms with Crippen molar-refractivity contribution in [2.75, 3.05) is 18.8 Å². The summed E-state index contributed by atoms with van der Waals surface area (Å²) in [5.74, 6) is 5.32. The fraction of sp³-hybridized carbons (Fsp3) is 0.417. The number of likely N-dealkylation sites (tertiary alicyclic amines) is 1. The number of amides is 2. The third-order valence-electron chi connectivity index (χ3n) is 5.45. The minimum atomic E-state index is -4.78. The van der Waals surface area contributed by atoms with Crippen LogP contribution < -0.4 is 16.3 Å². The van der Waals surface area contributed by atoms with Crippen LogP contribution in [0.15, 0.2) is 42.5 Å². The molecule has 35 heavy (non-hydrogen) atoms. The van der Waals surface area contributed by atoms with Crippen molar-refractivity contribution in [3.63, 3.8) is 0 Å². The van der Waals surface area contributed by atoms with Crippen LogP contribution in [-0.4, -0.2) is 53.0 Å². The average molecular weight is 495 g/mol. The summed E-state index contributed by atoms with van der Waals surface area (Å²) in [5, 5.41) is 1.13. The Bertz CT molecular complexity index is 1060. The van der Waals surface area contributed by atoms with E-state index in [0.29, 0.717) is 37.1 Å². The Balaban J connectivity index is 1.68. The Morgan fingerprint density at radius 1 is 1.00 bits per heavy atom. The number of nitrogens with two attached hydrogens (primary N) is 2. The fourth-order valence-corrected chi connectivity index (χ4v) is 3.73. The predicted molar refractivity (Wildman–Crippen MR) is 124 cm³/mol. The van der Waals surface area contributed by atoms with E-state index >= 15 is 0 Å². The molecule has 0 atom stereocenters. The van der Waals surface area contributed by atoms with Crippen molar-refractivity contribution in [1.29, 1.82) is 0 Å². The zero-order valence-corrected chi connectivity index (χ0v) is 19.8. The molecule has 1 saturated heterocycles. The van der Waals surface area contributed by atoms with Crippen LogP contribution in [0.1, 0.15) is 44.0 Å². The molecule has 11 heteroatoms. The number of hydrazine groups is 1. The first-order valence-electron chi connectivity index (χ1n) is 11.1. The molecule has 3 rings (SSSR count). The summed E-state index contributed by atoms with van der Waals surface area (Å²) >= 11 is 0. The summed E-state index contributed by atoms with van der Waals surface area (Å²) in [6.45, 7) is 6.16. The Kier molecular flexibility index (Phi) is 7.49. The summed E-state index contributed by atoms with van der Waals surface area (Å²) in [6, 6.07) is 9.73. The van der Waals surface area contributed by atoms with Crippen LogP contribution in [0.25, 0.3) is 11.1 Å². The minimum absolute atomic E-state index is 0.176. The van der Waals surface area contributed by atoms with Crippen molar-refractivity contribution in [3.05, 3.63) is 48.0 Å². The second kappa shape index (κ2) is 10.0. The highest BCUT2D eigenvalue weighted by Crippen LogP contribution is 2.29. The molecule has 1 heterocycles. The fourth-order valence-electron chi connectivity index (χ4n) is 3.73. The van der Waals surface area contributed by atoms with Crippen molar-refractivity contribution in [1.82, 2.24) is 9.91 Å². The molecule has 1 aliphatic rings. The SMILES string of the molecule is CC(C)(C)OC(=O)N1CCC(N(N)C(=O)c2cc(-c3ccc(OC(F)(F)F)cc3)ccc2N)CC1. The van der Waals surface area contributed by atoms with E-state index in [1.54, 1.807) is 43.9 Å². The van der Waals surface area contributed by atoms with E-state index < -0.39 is 24.0 Å². The molecule has 0 spiro atoms. The zero-order chi connectivity index (χ0) is 26.0. The van der Waals surface area contributed by atoms with E-state index in [0.717, 1.165) is 5.01 Å². The first kappa shape index (κ1) is 26.1. The first-order chi connectivity index (χ1) is 16.2. The maximum atomic E-state index is 13.1. The average Bonchev–Trinajstić information content (AvgIpc) is 2.77. The van der Waals surface area contributed by atoms with Crippen LogP contribution in [0.2, 0.25) is 0 Å². The van der Waals surface area contributed by atoms with Gasteiger partial charge in [0.15, 0.2) is 0 Å². The lowest BCUT2D eigenvalue weighted by molar-refractivity contribution is -0.274. The summed E-state index contributed by atoms with van der Waals surface area (Å²) in [5.41, 5.74) is 6.98. The van der Waals surface area contributed by atoms with Crippen LogP contribution in [0.3, 0.4) is 0 Å². The molecule has 0 unspecified atom stereocenters. The summed E-state index contributed by atoms with van der Waals surface area (Å²) in [4.78, 5) is 27.0. The van der Waals surface area contributed by atoms with Gasteiger partial charge in [-0.3, -0.25) is 9.80 Å². The van der Waals surface area contributed by atoms with E-state index in [2.05, 4.69) is 4.74 Å². The lowest BCUT2D eigenvalue weighted by atomic mass is 10.00. The van der Waals surface area contributed by atoms with Gasteiger partial charge in [-0.1, -0.05) is 18.2 Å². The maximum Gasteiger partial charge on any atom is 0.573 e. The topological polar surface area (TPSA) is 111 Å². The highest BCUT2D eigenvalue weighted by molar-refractivity contribution is 6.00. The number of alkyl halides is 3. The number of ether oxygens (including phenoxy) is 2. The van der Waals surface area contributed by atoms with Gasteiger partial charge in [-0.05, 0) is 69.0 Å². The number of nitrogens with zero attached hydrogens (tertiary/aromatic N) is 2. The molecule has 0 aliphatic carbocycles. The molecule has 2 aromatic carbocycles. The first-order valence-corrected chi connectivity index (χ1v) is 11.1. The number of nitrogen functional groups attached to an aromatic ring is 1. The Hall–Kier alpha value is -3.47. The van der Waals surface area contributed by atoms with Crippen LogP contribution in [0.5, 0.6) is 5.75 Å². The number of hydrogen-bond donors (Lipinski definition) is 2. The Morgan fingerprint density at radius 3 is 2.11 bits per heavy atom. The molecule has 0 bridgehead atoms. The molecule has 0 radical (unpaired) electrons. The van der Waals surface area contributed by atoms with Crippen LogP contribution in [0.4, 0.5) is 23.7 Å². The quantitative estimate of drug-likeness (QED) is 0.279. The van der Waals surface area contributed by atoms with Crippen molar-refractivity contribution in [2.45, 2.75) is 51.6 Å². The van der Waals surface area contributed by atoms with Crippen LogP contribution >= 0.6 is 0 Å².